The van der Waals surface area contributed by atoms with Gasteiger partial charge < -0.3 is 9.84 Å². The van der Waals surface area contributed by atoms with E-state index in [0.717, 1.165) is 7.11 Å². The van der Waals surface area contributed by atoms with E-state index >= 15 is 0 Å². The van der Waals surface area contributed by atoms with Crippen molar-refractivity contribution in [3.05, 3.63) is 10.1 Å². The number of carbonyl (C=O) groups is 1. The summed E-state index contributed by atoms with van der Waals surface area (Å²) in [7, 11) is 1.14. The molecule has 0 heterocycles. The first-order valence-corrected chi connectivity index (χ1v) is 5.90. The van der Waals surface area contributed by atoms with E-state index in [1.807, 2.05) is 0 Å². The van der Waals surface area contributed by atoms with Gasteiger partial charge in [0.1, 0.15) is 5.92 Å². The molecule has 0 aliphatic heterocycles. The number of fused-ring (bicyclic) bond motifs is 2. The van der Waals surface area contributed by atoms with Gasteiger partial charge >= 0.3 is 11.0 Å². The van der Waals surface area contributed by atoms with Crippen LogP contribution in [0.4, 0.5) is 0 Å². The van der Waals surface area contributed by atoms with Crippen LogP contribution in [0.5, 0.6) is 0 Å². The van der Waals surface area contributed by atoms with Crippen molar-refractivity contribution in [2.75, 3.05) is 7.11 Å². The number of esters is 1. The van der Waals surface area contributed by atoms with E-state index in [4.69, 9.17) is 23.2 Å². The van der Waals surface area contributed by atoms with Crippen molar-refractivity contribution >= 4 is 29.2 Å². The molecular weight excluding hydrogens is 273 g/mol. The third-order valence-electron chi connectivity index (χ3n) is 3.79. The highest BCUT2D eigenvalue weighted by Gasteiger charge is 2.75. The number of methoxy groups -OCH3 is 1. The van der Waals surface area contributed by atoms with E-state index in [0.29, 0.717) is 0 Å². The number of nitro groups is 1. The fourth-order valence-corrected chi connectivity index (χ4v) is 3.90. The average Bonchev–Trinajstić information content (AvgIpc) is 2.74. The maximum Gasteiger partial charge on any atom is 0.317 e. The number of alkyl halides is 2. The Morgan fingerprint density at radius 3 is 2.71 bits per heavy atom. The second-order valence-electron chi connectivity index (χ2n) is 4.43. The number of nitrogens with zero attached hydrogens (tertiary/aromatic N) is 1. The van der Waals surface area contributed by atoms with Crippen molar-refractivity contribution in [1.82, 2.24) is 0 Å². The third-order valence-corrected chi connectivity index (χ3v) is 5.03. The number of aliphatic hydroxyl groups excluding tert-OH is 1. The van der Waals surface area contributed by atoms with Gasteiger partial charge in [-0.25, -0.2) is 0 Å². The maximum absolute atomic E-state index is 11.6. The molecule has 6 nitrogen and oxygen atoms in total. The van der Waals surface area contributed by atoms with Gasteiger partial charge in [0.2, 0.25) is 0 Å². The number of aliphatic hydroxyl groups is 1. The summed E-state index contributed by atoms with van der Waals surface area (Å²) >= 11 is 11.9. The molecular formula is C9H11Cl2NO5. The van der Waals surface area contributed by atoms with Gasteiger partial charge in [0, 0.05) is 10.8 Å². The van der Waals surface area contributed by atoms with Crippen LogP contribution in [0, 0.1) is 27.9 Å². The first-order valence-electron chi connectivity index (χ1n) is 5.09. The van der Waals surface area contributed by atoms with E-state index in [1.165, 1.54) is 0 Å². The first kappa shape index (κ1) is 12.9. The number of hydrogen-bond acceptors (Lipinski definition) is 5. The summed E-state index contributed by atoms with van der Waals surface area (Å²) in [6.45, 7) is 0. The molecule has 2 rings (SSSR count). The predicted molar refractivity (Wildman–Crippen MR) is 58.3 cm³/mol. The van der Waals surface area contributed by atoms with Gasteiger partial charge in [-0.3, -0.25) is 14.9 Å². The van der Waals surface area contributed by atoms with Gasteiger partial charge in [0.05, 0.1) is 24.5 Å². The normalized spacial score (nSPS) is 48.1. The first-order chi connectivity index (χ1) is 7.85. The zero-order valence-corrected chi connectivity index (χ0v) is 10.4. The van der Waals surface area contributed by atoms with E-state index in [9.17, 15) is 20.0 Å². The Morgan fingerprint density at radius 2 is 2.24 bits per heavy atom. The largest absolute Gasteiger partial charge is 0.469 e. The number of ether oxygens (including phenoxy) is 1. The van der Waals surface area contributed by atoms with Crippen LogP contribution in [0.15, 0.2) is 0 Å². The SMILES string of the molecule is COC(=O)C1C2CC(C(O)C2Cl)C1(Cl)[N+](=O)[O-]. The van der Waals surface area contributed by atoms with Gasteiger partial charge in [-0.1, -0.05) is 0 Å². The molecule has 96 valence electrons. The summed E-state index contributed by atoms with van der Waals surface area (Å²) < 4.78 is 4.55. The molecule has 2 aliphatic carbocycles. The van der Waals surface area contributed by atoms with Crippen LogP contribution in [-0.4, -0.2) is 39.6 Å². The molecule has 6 atom stereocenters. The Kier molecular flexibility index (Phi) is 3.00. The Labute approximate surface area is 107 Å². The minimum absolute atomic E-state index is 0.263. The zero-order chi connectivity index (χ0) is 13.0. The summed E-state index contributed by atoms with van der Waals surface area (Å²) in [5.74, 6) is -3.20. The summed E-state index contributed by atoms with van der Waals surface area (Å²) in [4.78, 5) is 20.0. The van der Waals surface area contributed by atoms with E-state index in [1.54, 1.807) is 0 Å². The lowest BCUT2D eigenvalue weighted by atomic mass is 9.82. The Balaban J connectivity index is 2.43. The molecule has 17 heavy (non-hydrogen) atoms. The maximum atomic E-state index is 11.6. The summed E-state index contributed by atoms with van der Waals surface area (Å²) in [6, 6.07) is 0. The Bertz CT molecular complexity index is 378. The van der Waals surface area contributed by atoms with Crippen LogP contribution in [-0.2, 0) is 9.53 Å². The van der Waals surface area contributed by atoms with Crippen molar-refractivity contribution < 1.29 is 19.6 Å². The van der Waals surface area contributed by atoms with Crippen molar-refractivity contribution in [1.29, 1.82) is 0 Å². The van der Waals surface area contributed by atoms with Crippen LogP contribution >= 0.6 is 23.2 Å². The lowest BCUT2D eigenvalue weighted by molar-refractivity contribution is -0.560. The molecule has 0 aromatic heterocycles. The van der Waals surface area contributed by atoms with Crippen LogP contribution in [0.3, 0.4) is 0 Å². The van der Waals surface area contributed by atoms with Gasteiger partial charge in [-0.05, 0) is 18.0 Å². The number of carbonyl (C=O) groups excluding carboxylic acids is 1. The summed E-state index contributed by atoms with van der Waals surface area (Å²) in [5, 5.41) is 20.2. The molecule has 2 aliphatic rings. The molecule has 6 unspecified atom stereocenters. The highest BCUT2D eigenvalue weighted by Crippen LogP contribution is 2.59. The van der Waals surface area contributed by atoms with Gasteiger partial charge in [0.15, 0.2) is 0 Å². The fourth-order valence-electron chi connectivity index (χ4n) is 3.01. The molecule has 0 aromatic carbocycles. The second-order valence-corrected chi connectivity index (χ2v) is 5.54. The quantitative estimate of drug-likeness (QED) is 0.264. The summed E-state index contributed by atoms with van der Waals surface area (Å²) in [5.41, 5.74) is 0. The minimum Gasteiger partial charge on any atom is -0.469 e. The Hall–Kier alpha value is -0.590. The number of hydrogen-bond donors (Lipinski definition) is 1. The van der Waals surface area contributed by atoms with Gasteiger partial charge in [-0.15, -0.1) is 11.6 Å². The lowest BCUT2D eigenvalue weighted by Crippen LogP contribution is -2.56. The van der Waals surface area contributed by atoms with Crippen molar-refractivity contribution in [3.63, 3.8) is 0 Å². The molecule has 0 saturated heterocycles. The third kappa shape index (κ3) is 1.47. The van der Waals surface area contributed by atoms with Crippen molar-refractivity contribution in [2.24, 2.45) is 17.8 Å². The number of halogens is 2. The zero-order valence-electron chi connectivity index (χ0n) is 8.88. The van der Waals surface area contributed by atoms with Crippen molar-refractivity contribution in [2.45, 2.75) is 22.9 Å². The minimum atomic E-state index is -2.01. The Morgan fingerprint density at radius 1 is 1.65 bits per heavy atom. The van der Waals surface area contributed by atoms with E-state index < -0.39 is 45.1 Å². The smallest absolute Gasteiger partial charge is 0.317 e. The standard InChI is InChI=1S/C9H11Cl2NO5/c1-17-8(14)5-3-2-4(7(13)6(3)10)9(5,11)12(15)16/h3-7,13H,2H2,1H3. The summed E-state index contributed by atoms with van der Waals surface area (Å²) in [6.07, 6.45) is -0.801. The fraction of sp³-hybridized carbons (Fsp3) is 0.889. The van der Waals surface area contributed by atoms with Crippen molar-refractivity contribution in [3.8, 4) is 0 Å². The van der Waals surface area contributed by atoms with Gasteiger partial charge in [-0.2, -0.15) is 0 Å². The van der Waals surface area contributed by atoms with Crippen LogP contribution in [0.2, 0.25) is 0 Å². The van der Waals surface area contributed by atoms with Crippen LogP contribution in [0.1, 0.15) is 6.42 Å². The van der Waals surface area contributed by atoms with Gasteiger partial charge in [0.25, 0.3) is 0 Å². The molecule has 0 amide bonds. The lowest BCUT2D eigenvalue weighted by Gasteiger charge is -2.34. The molecule has 2 fully saturated rings. The van der Waals surface area contributed by atoms with E-state index in [-0.39, 0.29) is 6.42 Å². The molecule has 1 N–H and O–H groups in total. The molecule has 0 radical (unpaired) electrons. The average molecular weight is 284 g/mol. The molecule has 0 spiro atoms. The highest BCUT2D eigenvalue weighted by molar-refractivity contribution is 6.26. The van der Waals surface area contributed by atoms with Crippen LogP contribution < -0.4 is 0 Å². The predicted octanol–water partition coefficient (Wildman–Crippen LogP) is 0.605. The molecule has 8 heteroatoms. The molecule has 0 aromatic rings. The van der Waals surface area contributed by atoms with E-state index in [2.05, 4.69) is 4.74 Å². The highest BCUT2D eigenvalue weighted by atomic mass is 35.5. The number of rotatable bonds is 2. The molecule has 2 saturated carbocycles. The van der Waals surface area contributed by atoms with Crippen LogP contribution in [0.25, 0.3) is 0 Å². The molecule has 2 bridgehead atoms. The monoisotopic (exact) mass is 283 g/mol. The topological polar surface area (TPSA) is 89.7 Å². The second kappa shape index (κ2) is 3.96.